The van der Waals surface area contributed by atoms with Gasteiger partial charge in [0.1, 0.15) is 0 Å². The molecule has 0 spiro atoms. The Hall–Kier alpha value is -2.26. The average Bonchev–Trinajstić information content (AvgIpc) is 2.85. The zero-order valence-corrected chi connectivity index (χ0v) is 10.5. The first kappa shape index (κ1) is 11.8. The standard InChI is InChI=1S/C14H14N4O/c15-17-12-10-6-2-3-7-11(10)16-13(12)14(19)18-8-4-1-5-9-18/h2-3,6-7H,1,4-5,8-9H2. The molecule has 2 aliphatic rings. The number of nitrogens with zero attached hydrogens (tertiary/aromatic N) is 4. The largest absolute Gasteiger partial charge is 0.361 e. The summed E-state index contributed by atoms with van der Waals surface area (Å²) in [5.74, 6) is -0.135. The van der Waals surface area contributed by atoms with Crippen LogP contribution in [0.15, 0.2) is 29.3 Å². The number of piperidine rings is 1. The molecule has 5 nitrogen and oxygen atoms in total. The number of aliphatic imine (C=N–C) groups is 1. The maximum Gasteiger partial charge on any atom is 0.355 e. The van der Waals surface area contributed by atoms with Crippen LogP contribution in [0.2, 0.25) is 0 Å². The molecule has 1 aromatic carbocycles. The number of para-hydroxylation sites is 1. The van der Waals surface area contributed by atoms with Gasteiger partial charge in [0.15, 0.2) is 0 Å². The molecular weight excluding hydrogens is 240 g/mol. The molecule has 0 aromatic heterocycles. The number of benzene rings is 1. The lowest BCUT2D eigenvalue weighted by molar-refractivity contribution is -0.124. The molecule has 19 heavy (non-hydrogen) atoms. The van der Waals surface area contributed by atoms with E-state index in [-0.39, 0.29) is 17.3 Å². The van der Waals surface area contributed by atoms with Gasteiger partial charge in [-0.25, -0.2) is 4.99 Å². The summed E-state index contributed by atoms with van der Waals surface area (Å²) in [6.45, 7) is 1.51. The summed E-state index contributed by atoms with van der Waals surface area (Å²) in [4.78, 5) is 21.8. The van der Waals surface area contributed by atoms with Gasteiger partial charge in [0, 0.05) is 13.1 Å². The third kappa shape index (κ3) is 1.98. The Balaban J connectivity index is 1.94. The van der Waals surface area contributed by atoms with Gasteiger partial charge in [0.05, 0.1) is 11.3 Å². The summed E-state index contributed by atoms with van der Waals surface area (Å²) < 4.78 is 0. The summed E-state index contributed by atoms with van der Waals surface area (Å²) >= 11 is 0. The van der Waals surface area contributed by atoms with Gasteiger partial charge < -0.3 is 10.4 Å². The van der Waals surface area contributed by atoms with Crippen molar-refractivity contribution < 1.29 is 9.58 Å². The Labute approximate surface area is 111 Å². The highest BCUT2D eigenvalue weighted by atomic mass is 16.2. The zero-order valence-electron chi connectivity index (χ0n) is 10.5. The van der Waals surface area contributed by atoms with Crippen molar-refractivity contribution in [1.29, 1.82) is 0 Å². The maximum absolute atomic E-state index is 12.4. The molecule has 0 N–H and O–H groups in total. The van der Waals surface area contributed by atoms with Crippen LogP contribution >= 0.6 is 0 Å². The first-order chi connectivity index (χ1) is 9.31. The van der Waals surface area contributed by atoms with Crippen LogP contribution in [0, 0.1) is 0 Å². The fourth-order valence-electron chi connectivity index (χ4n) is 2.57. The van der Waals surface area contributed by atoms with Gasteiger partial charge in [-0.3, -0.25) is 4.79 Å². The van der Waals surface area contributed by atoms with E-state index in [2.05, 4.69) is 9.78 Å². The van der Waals surface area contributed by atoms with Crippen molar-refractivity contribution in [3.05, 3.63) is 35.4 Å². The minimum absolute atomic E-state index is 0.135. The number of rotatable bonds is 1. The lowest BCUT2D eigenvalue weighted by Gasteiger charge is -2.25. The monoisotopic (exact) mass is 254 g/mol. The molecule has 1 aromatic rings. The molecule has 96 valence electrons. The zero-order chi connectivity index (χ0) is 13.2. The van der Waals surface area contributed by atoms with E-state index in [0.29, 0.717) is 11.3 Å². The molecule has 0 radical (unpaired) electrons. The van der Waals surface area contributed by atoms with E-state index in [1.807, 2.05) is 24.3 Å². The van der Waals surface area contributed by atoms with Crippen LogP contribution in [0.1, 0.15) is 24.8 Å². The fraction of sp³-hybridized carbons (Fsp3) is 0.357. The Morgan fingerprint density at radius 1 is 1.21 bits per heavy atom. The molecular formula is C14H14N4O. The van der Waals surface area contributed by atoms with Crippen molar-refractivity contribution >= 4 is 23.0 Å². The fourth-order valence-corrected chi connectivity index (χ4v) is 2.57. The summed E-state index contributed by atoms with van der Waals surface area (Å²) in [6, 6.07) is 7.32. The Kier molecular flexibility index (Phi) is 2.97. The van der Waals surface area contributed by atoms with E-state index in [1.165, 1.54) is 0 Å². The van der Waals surface area contributed by atoms with Crippen LogP contribution in [0.25, 0.3) is 5.53 Å². The number of hydrogen-bond donors (Lipinski definition) is 0. The second kappa shape index (κ2) is 4.78. The average molecular weight is 254 g/mol. The summed E-state index contributed by atoms with van der Waals surface area (Å²) in [7, 11) is 0. The Morgan fingerprint density at radius 2 is 1.95 bits per heavy atom. The van der Waals surface area contributed by atoms with Crippen LogP contribution < -0.4 is 0 Å². The number of fused-ring (bicyclic) bond motifs is 1. The molecule has 1 amide bonds. The normalized spacial score (nSPS) is 17.8. The van der Waals surface area contributed by atoms with Gasteiger partial charge in [-0.2, -0.15) is 4.79 Å². The molecule has 1 saturated heterocycles. The van der Waals surface area contributed by atoms with E-state index < -0.39 is 0 Å². The van der Waals surface area contributed by atoms with Gasteiger partial charge in [-0.1, -0.05) is 12.1 Å². The lowest BCUT2D eigenvalue weighted by atomic mass is 10.1. The third-order valence-corrected chi connectivity index (χ3v) is 3.56. The van der Waals surface area contributed by atoms with Gasteiger partial charge in [-0.15, -0.1) is 0 Å². The molecule has 3 rings (SSSR count). The number of carbonyl (C=O) groups is 1. The van der Waals surface area contributed by atoms with Crippen molar-refractivity contribution in [2.24, 2.45) is 4.99 Å². The predicted molar refractivity (Wildman–Crippen MR) is 71.7 cm³/mol. The predicted octanol–water partition coefficient (Wildman–Crippen LogP) is 1.80. The molecule has 0 aliphatic carbocycles. The maximum atomic E-state index is 12.4. The molecule has 0 atom stereocenters. The van der Waals surface area contributed by atoms with Crippen molar-refractivity contribution in [3.63, 3.8) is 0 Å². The number of likely N-dealkylation sites (tertiary alicyclic amines) is 1. The molecule has 0 bridgehead atoms. The number of amides is 1. The van der Waals surface area contributed by atoms with Crippen LogP contribution in [0.4, 0.5) is 5.69 Å². The SMILES string of the molecule is [N-]=[N+]=C1C(C(=O)N2CCCCC2)=Nc2ccccc21. The smallest absolute Gasteiger partial charge is 0.355 e. The number of carbonyl (C=O) groups excluding carboxylic acids is 1. The molecule has 5 heteroatoms. The second-order valence-corrected chi connectivity index (χ2v) is 4.78. The van der Waals surface area contributed by atoms with Crippen molar-refractivity contribution in [2.45, 2.75) is 19.3 Å². The summed E-state index contributed by atoms with van der Waals surface area (Å²) in [5, 5.41) is 0. The van der Waals surface area contributed by atoms with E-state index in [0.717, 1.165) is 32.4 Å². The first-order valence-electron chi connectivity index (χ1n) is 6.51. The lowest BCUT2D eigenvalue weighted by Crippen LogP contribution is -2.42. The third-order valence-electron chi connectivity index (χ3n) is 3.56. The highest BCUT2D eigenvalue weighted by Crippen LogP contribution is 2.26. The van der Waals surface area contributed by atoms with Crippen LogP contribution in [-0.2, 0) is 4.79 Å². The first-order valence-corrected chi connectivity index (χ1v) is 6.51. The van der Waals surface area contributed by atoms with Crippen LogP contribution in [0.3, 0.4) is 0 Å². The molecule has 0 unspecified atom stereocenters. The molecule has 0 saturated carbocycles. The highest BCUT2D eigenvalue weighted by molar-refractivity contribution is 6.71. The van der Waals surface area contributed by atoms with E-state index in [4.69, 9.17) is 5.53 Å². The van der Waals surface area contributed by atoms with E-state index in [9.17, 15) is 4.79 Å². The summed E-state index contributed by atoms with van der Waals surface area (Å²) in [5.41, 5.74) is 11.1. The second-order valence-electron chi connectivity index (χ2n) is 4.78. The number of hydrogen-bond acceptors (Lipinski definition) is 2. The van der Waals surface area contributed by atoms with E-state index >= 15 is 0 Å². The molecule has 1 fully saturated rings. The topological polar surface area (TPSA) is 69.1 Å². The highest BCUT2D eigenvalue weighted by Gasteiger charge is 2.37. The van der Waals surface area contributed by atoms with Crippen molar-refractivity contribution in [3.8, 4) is 0 Å². The van der Waals surface area contributed by atoms with Gasteiger partial charge >= 0.3 is 5.71 Å². The molecule has 2 heterocycles. The minimum atomic E-state index is -0.135. The minimum Gasteiger partial charge on any atom is -0.361 e. The Morgan fingerprint density at radius 3 is 2.68 bits per heavy atom. The van der Waals surface area contributed by atoms with Crippen molar-refractivity contribution in [2.75, 3.05) is 13.1 Å². The van der Waals surface area contributed by atoms with Gasteiger partial charge in [0.25, 0.3) is 5.91 Å². The van der Waals surface area contributed by atoms with Crippen LogP contribution in [0.5, 0.6) is 0 Å². The summed E-state index contributed by atoms with van der Waals surface area (Å²) in [6.07, 6.45) is 3.21. The van der Waals surface area contributed by atoms with Gasteiger partial charge in [-0.05, 0) is 31.4 Å². The van der Waals surface area contributed by atoms with E-state index in [1.54, 1.807) is 4.90 Å². The Bertz CT molecular complexity index is 608. The quantitative estimate of drug-likeness (QED) is 0.556. The van der Waals surface area contributed by atoms with Crippen LogP contribution in [-0.4, -0.2) is 40.1 Å². The van der Waals surface area contributed by atoms with Crippen molar-refractivity contribution in [1.82, 2.24) is 4.90 Å². The molecule has 2 aliphatic heterocycles. The van der Waals surface area contributed by atoms with Gasteiger partial charge in [0.2, 0.25) is 5.71 Å².